The van der Waals surface area contributed by atoms with Crippen molar-refractivity contribution in [3.63, 3.8) is 0 Å². The fraction of sp³-hybridized carbons (Fsp3) is 0.462. The van der Waals surface area contributed by atoms with E-state index in [4.69, 9.17) is 5.73 Å². The molecule has 1 heterocycles. The zero-order chi connectivity index (χ0) is 13.6. The third-order valence-electron chi connectivity index (χ3n) is 3.91. The number of hydrogen-bond acceptors (Lipinski definition) is 4. The van der Waals surface area contributed by atoms with E-state index in [-0.39, 0.29) is 0 Å². The van der Waals surface area contributed by atoms with E-state index in [0.717, 1.165) is 22.4 Å². The van der Waals surface area contributed by atoms with Crippen molar-refractivity contribution in [2.45, 2.75) is 26.8 Å². The van der Waals surface area contributed by atoms with Crippen molar-refractivity contribution < 1.29 is 0 Å². The molecule has 100 valence electrons. The van der Waals surface area contributed by atoms with Crippen molar-refractivity contribution >= 4 is 21.6 Å². The Kier molecular flexibility index (Phi) is 2.85. The highest BCUT2D eigenvalue weighted by Gasteiger charge is 2.46. The summed E-state index contributed by atoms with van der Waals surface area (Å²) in [5.74, 6) is 1.41. The van der Waals surface area contributed by atoms with E-state index < -0.39 is 0 Å². The molecular weight excluding hydrogens is 306 g/mol. The van der Waals surface area contributed by atoms with Crippen LogP contribution in [0.3, 0.4) is 0 Å². The predicted molar refractivity (Wildman–Crippen MR) is 77.3 cm³/mol. The Bertz CT molecular complexity index is 619. The molecule has 1 aliphatic carbocycles. The topological polar surface area (TPSA) is 69.6 Å². The minimum Gasteiger partial charge on any atom is -0.398 e. The number of nitrogens with two attached hydrogens (primary N) is 1. The number of aromatic nitrogens is 4. The highest BCUT2D eigenvalue weighted by molar-refractivity contribution is 9.10. The van der Waals surface area contributed by atoms with Gasteiger partial charge in [-0.15, -0.1) is 5.10 Å². The first kappa shape index (κ1) is 12.6. The largest absolute Gasteiger partial charge is 0.398 e. The second-order valence-electron chi connectivity index (χ2n) is 5.78. The lowest BCUT2D eigenvalue weighted by molar-refractivity contribution is 0.467. The maximum absolute atomic E-state index is 5.91. The first-order valence-electron chi connectivity index (χ1n) is 6.29. The molecule has 3 rings (SSSR count). The summed E-state index contributed by atoms with van der Waals surface area (Å²) < 4.78 is 2.72. The standard InChI is InChI=1S/C13H16BrN5/c1-13(2)6-8(13)7-19-12(16-17-18-19)9-4-3-5-10(15)11(9)14/h3-5,8H,6-7,15H2,1-2H3. The molecule has 1 unspecified atom stereocenters. The third-order valence-corrected chi connectivity index (χ3v) is 4.80. The Morgan fingerprint density at radius 2 is 2.21 bits per heavy atom. The van der Waals surface area contributed by atoms with E-state index >= 15 is 0 Å². The van der Waals surface area contributed by atoms with Crippen LogP contribution in [0.2, 0.25) is 0 Å². The Morgan fingerprint density at radius 3 is 2.89 bits per heavy atom. The molecule has 0 radical (unpaired) electrons. The van der Waals surface area contributed by atoms with E-state index in [1.807, 2.05) is 22.9 Å². The molecule has 5 nitrogen and oxygen atoms in total. The molecule has 1 aliphatic rings. The SMILES string of the molecule is CC1(C)CC1Cn1nnnc1-c1cccc(N)c1Br. The van der Waals surface area contributed by atoms with Crippen LogP contribution in [0.25, 0.3) is 11.4 Å². The van der Waals surface area contributed by atoms with E-state index in [9.17, 15) is 0 Å². The second kappa shape index (κ2) is 4.30. The van der Waals surface area contributed by atoms with Crippen LogP contribution >= 0.6 is 15.9 Å². The highest BCUT2D eigenvalue weighted by atomic mass is 79.9. The lowest BCUT2D eigenvalue weighted by Crippen LogP contribution is -2.08. The van der Waals surface area contributed by atoms with Gasteiger partial charge < -0.3 is 5.73 Å². The van der Waals surface area contributed by atoms with E-state index in [2.05, 4.69) is 45.3 Å². The van der Waals surface area contributed by atoms with Crippen LogP contribution in [-0.4, -0.2) is 20.2 Å². The molecule has 1 saturated carbocycles. The van der Waals surface area contributed by atoms with Gasteiger partial charge in [0.25, 0.3) is 0 Å². The van der Waals surface area contributed by atoms with Crippen molar-refractivity contribution in [3.8, 4) is 11.4 Å². The van der Waals surface area contributed by atoms with Crippen molar-refractivity contribution in [2.24, 2.45) is 11.3 Å². The molecule has 1 atom stereocenters. The number of halogens is 1. The van der Waals surface area contributed by atoms with Crippen LogP contribution in [0.15, 0.2) is 22.7 Å². The maximum atomic E-state index is 5.91. The van der Waals surface area contributed by atoms with Crippen molar-refractivity contribution in [3.05, 3.63) is 22.7 Å². The number of rotatable bonds is 3. The number of benzene rings is 1. The average molecular weight is 322 g/mol. The first-order valence-corrected chi connectivity index (χ1v) is 7.09. The van der Waals surface area contributed by atoms with Gasteiger partial charge in [0.1, 0.15) is 0 Å². The lowest BCUT2D eigenvalue weighted by Gasteiger charge is -2.08. The van der Waals surface area contributed by atoms with Crippen LogP contribution < -0.4 is 5.73 Å². The molecule has 0 saturated heterocycles. The lowest BCUT2D eigenvalue weighted by atomic mass is 10.1. The molecule has 6 heteroatoms. The Morgan fingerprint density at radius 1 is 1.47 bits per heavy atom. The molecule has 1 fully saturated rings. The van der Waals surface area contributed by atoms with E-state index in [1.54, 1.807) is 0 Å². The zero-order valence-electron chi connectivity index (χ0n) is 11.0. The molecule has 19 heavy (non-hydrogen) atoms. The Labute approximate surface area is 120 Å². The van der Waals surface area contributed by atoms with Crippen LogP contribution in [0.4, 0.5) is 5.69 Å². The Hall–Kier alpha value is -1.43. The van der Waals surface area contributed by atoms with E-state index in [1.165, 1.54) is 6.42 Å². The summed E-state index contributed by atoms with van der Waals surface area (Å²) >= 11 is 3.51. The molecule has 1 aromatic heterocycles. The summed E-state index contributed by atoms with van der Waals surface area (Å²) in [5.41, 5.74) is 7.95. The van der Waals surface area contributed by atoms with Gasteiger partial charge in [-0.1, -0.05) is 19.9 Å². The smallest absolute Gasteiger partial charge is 0.183 e. The van der Waals surface area contributed by atoms with Crippen molar-refractivity contribution in [1.29, 1.82) is 0 Å². The molecule has 0 spiro atoms. The van der Waals surface area contributed by atoms with E-state index in [0.29, 0.717) is 17.0 Å². The molecule has 0 amide bonds. The average Bonchev–Trinajstić information content (AvgIpc) is 2.74. The summed E-state index contributed by atoms with van der Waals surface area (Å²) in [5, 5.41) is 12.0. The first-order chi connectivity index (χ1) is 8.99. The van der Waals surface area contributed by atoms with Gasteiger partial charge in [-0.2, -0.15) is 0 Å². The molecule has 1 aromatic carbocycles. The monoisotopic (exact) mass is 321 g/mol. The second-order valence-corrected chi connectivity index (χ2v) is 6.58. The highest BCUT2D eigenvalue weighted by Crippen LogP contribution is 2.52. The molecular formula is C13H16BrN5. The van der Waals surface area contributed by atoms with Crippen LogP contribution in [-0.2, 0) is 6.54 Å². The minimum atomic E-state index is 0.413. The summed E-state index contributed by atoms with van der Waals surface area (Å²) in [6.45, 7) is 5.41. The van der Waals surface area contributed by atoms with Crippen LogP contribution in [0.5, 0.6) is 0 Å². The summed E-state index contributed by atoms with van der Waals surface area (Å²) in [6.07, 6.45) is 1.23. The van der Waals surface area contributed by atoms with Gasteiger partial charge in [-0.3, -0.25) is 0 Å². The molecule has 2 aromatic rings. The summed E-state index contributed by atoms with van der Waals surface area (Å²) in [7, 11) is 0. The van der Waals surface area contributed by atoms with Gasteiger partial charge in [0.05, 0.1) is 4.47 Å². The normalized spacial score (nSPS) is 20.5. The fourth-order valence-corrected chi connectivity index (χ4v) is 2.78. The number of nitrogens with zero attached hydrogens (tertiary/aromatic N) is 4. The minimum absolute atomic E-state index is 0.413. The molecule has 0 bridgehead atoms. The number of tetrazole rings is 1. The van der Waals surface area contributed by atoms with Gasteiger partial charge in [-0.05, 0) is 56.2 Å². The summed E-state index contributed by atoms with van der Waals surface area (Å²) in [6, 6.07) is 5.74. The van der Waals surface area contributed by atoms with Gasteiger partial charge in [0.15, 0.2) is 5.82 Å². The Balaban J connectivity index is 1.94. The zero-order valence-corrected chi connectivity index (χ0v) is 12.6. The fourth-order valence-electron chi connectivity index (χ4n) is 2.34. The van der Waals surface area contributed by atoms with Gasteiger partial charge >= 0.3 is 0 Å². The van der Waals surface area contributed by atoms with Crippen LogP contribution in [0.1, 0.15) is 20.3 Å². The van der Waals surface area contributed by atoms with Crippen molar-refractivity contribution in [1.82, 2.24) is 20.2 Å². The predicted octanol–water partition coefficient (Wildman–Crippen LogP) is 2.73. The molecule has 2 N–H and O–H groups in total. The van der Waals surface area contributed by atoms with Gasteiger partial charge in [0, 0.05) is 17.8 Å². The number of anilines is 1. The van der Waals surface area contributed by atoms with Gasteiger partial charge in [-0.25, -0.2) is 4.68 Å². The quantitative estimate of drug-likeness (QED) is 0.882. The molecule has 0 aliphatic heterocycles. The summed E-state index contributed by atoms with van der Waals surface area (Å²) in [4.78, 5) is 0. The number of nitrogen functional groups attached to an aromatic ring is 1. The maximum Gasteiger partial charge on any atom is 0.183 e. The van der Waals surface area contributed by atoms with Gasteiger partial charge in [0.2, 0.25) is 0 Å². The number of hydrogen-bond donors (Lipinski definition) is 1. The third kappa shape index (κ3) is 2.25. The van der Waals surface area contributed by atoms with Crippen LogP contribution in [0, 0.1) is 11.3 Å². The van der Waals surface area contributed by atoms with Crippen molar-refractivity contribution in [2.75, 3.05) is 5.73 Å².